The van der Waals surface area contributed by atoms with Gasteiger partial charge in [-0.05, 0) is 19.1 Å². The molecule has 68 valence electrons. The van der Waals surface area contributed by atoms with Crippen molar-refractivity contribution >= 4 is 11.6 Å². The number of carbonyl (C=O) groups is 2. The third-order valence-electron chi connectivity index (χ3n) is 1.59. The standard InChI is InChI=1S/C9H10N2O2/c1-6-3-4-8(11-10-6)5-9(13)7(2)12/h3-4H,5H2,1-2H3. The molecule has 0 saturated carbocycles. The van der Waals surface area contributed by atoms with Crippen LogP contribution in [0.4, 0.5) is 0 Å². The maximum atomic E-state index is 11.0. The molecule has 1 aromatic rings. The quantitative estimate of drug-likeness (QED) is 0.632. The monoisotopic (exact) mass is 178 g/mol. The lowest BCUT2D eigenvalue weighted by atomic mass is 10.1. The van der Waals surface area contributed by atoms with Crippen molar-refractivity contribution in [1.82, 2.24) is 10.2 Å². The van der Waals surface area contributed by atoms with E-state index >= 15 is 0 Å². The lowest BCUT2D eigenvalue weighted by Gasteiger charge is -1.96. The Labute approximate surface area is 76.0 Å². The molecule has 1 heterocycles. The zero-order chi connectivity index (χ0) is 9.84. The Balaban J connectivity index is 2.70. The fourth-order valence-corrected chi connectivity index (χ4v) is 0.810. The van der Waals surface area contributed by atoms with Crippen molar-refractivity contribution in [3.8, 4) is 0 Å². The van der Waals surface area contributed by atoms with Gasteiger partial charge in [0.25, 0.3) is 0 Å². The molecule has 0 aliphatic heterocycles. The highest BCUT2D eigenvalue weighted by Gasteiger charge is 2.09. The zero-order valence-electron chi connectivity index (χ0n) is 7.57. The smallest absolute Gasteiger partial charge is 0.204 e. The SMILES string of the molecule is CC(=O)C(=O)Cc1ccc(C)nn1. The lowest BCUT2D eigenvalue weighted by molar-refractivity contribution is -0.134. The summed E-state index contributed by atoms with van der Waals surface area (Å²) >= 11 is 0. The Bertz CT molecular complexity index is 330. The number of aromatic nitrogens is 2. The Morgan fingerprint density at radius 3 is 2.46 bits per heavy atom. The van der Waals surface area contributed by atoms with Crippen molar-refractivity contribution in [2.45, 2.75) is 20.3 Å². The van der Waals surface area contributed by atoms with Gasteiger partial charge >= 0.3 is 0 Å². The summed E-state index contributed by atoms with van der Waals surface area (Å²) in [6.07, 6.45) is 0.0443. The highest BCUT2D eigenvalue weighted by atomic mass is 16.2. The van der Waals surface area contributed by atoms with E-state index in [1.165, 1.54) is 6.92 Å². The van der Waals surface area contributed by atoms with Crippen molar-refractivity contribution in [3.63, 3.8) is 0 Å². The number of rotatable bonds is 3. The van der Waals surface area contributed by atoms with E-state index in [-0.39, 0.29) is 6.42 Å². The molecular formula is C9H10N2O2. The van der Waals surface area contributed by atoms with Crippen LogP contribution in [0.5, 0.6) is 0 Å². The van der Waals surface area contributed by atoms with E-state index in [0.29, 0.717) is 5.69 Å². The average Bonchev–Trinajstić information content (AvgIpc) is 2.08. The number of hydrogen-bond donors (Lipinski definition) is 0. The van der Waals surface area contributed by atoms with Crippen LogP contribution in [0.2, 0.25) is 0 Å². The molecule has 0 radical (unpaired) electrons. The number of nitrogens with zero attached hydrogens (tertiary/aromatic N) is 2. The molecule has 0 fully saturated rings. The van der Waals surface area contributed by atoms with Crippen molar-refractivity contribution < 1.29 is 9.59 Å². The van der Waals surface area contributed by atoms with E-state index in [2.05, 4.69) is 10.2 Å². The third kappa shape index (κ3) is 2.74. The first kappa shape index (κ1) is 9.51. The molecule has 4 nitrogen and oxygen atoms in total. The second kappa shape index (κ2) is 3.89. The minimum Gasteiger partial charge on any atom is -0.291 e. The summed E-state index contributed by atoms with van der Waals surface area (Å²) in [6, 6.07) is 3.46. The maximum absolute atomic E-state index is 11.0. The maximum Gasteiger partial charge on any atom is 0.204 e. The molecule has 13 heavy (non-hydrogen) atoms. The molecule has 0 aliphatic carbocycles. The summed E-state index contributed by atoms with van der Waals surface area (Å²) in [5.74, 6) is -0.875. The number of ketones is 2. The third-order valence-corrected chi connectivity index (χ3v) is 1.59. The van der Waals surface area contributed by atoms with Gasteiger partial charge in [0, 0.05) is 6.92 Å². The van der Waals surface area contributed by atoms with E-state index in [9.17, 15) is 9.59 Å². The molecule has 0 atom stereocenters. The van der Waals surface area contributed by atoms with Crippen LogP contribution in [0.15, 0.2) is 12.1 Å². The van der Waals surface area contributed by atoms with Crippen molar-refractivity contribution in [3.05, 3.63) is 23.5 Å². The van der Waals surface area contributed by atoms with Gasteiger partial charge in [-0.15, -0.1) is 0 Å². The molecule has 1 rings (SSSR count). The van der Waals surface area contributed by atoms with E-state index in [4.69, 9.17) is 0 Å². The van der Waals surface area contributed by atoms with E-state index < -0.39 is 11.6 Å². The van der Waals surface area contributed by atoms with E-state index in [0.717, 1.165) is 5.69 Å². The highest BCUT2D eigenvalue weighted by molar-refractivity contribution is 6.36. The van der Waals surface area contributed by atoms with Crippen LogP contribution in [0, 0.1) is 6.92 Å². The van der Waals surface area contributed by atoms with Crippen LogP contribution in [0.3, 0.4) is 0 Å². The molecule has 0 N–H and O–H groups in total. The molecule has 4 heteroatoms. The van der Waals surface area contributed by atoms with Crippen molar-refractivity contribution in [2.24, 2.45) is 0 Å². The second-order valence-corrected chi connectivity index (χ2v) is 2.82. The average molecular weight is 178 g/mol. The number of hydrogen-bond acceptors (Lipinski definition) is 4. The first-order valence-corrected chi connectivity index (χ1v) is 3.92. The zero-order valence-corrected chi connectivity index (χ0v) is 7.57. The molecular weight excluding hydrogens is 168 g/mol. The summed E-state index contributed by atoms with van der Waals surface area (Å²) in [5.41, 5.74) is 1.32. The molecule has 0 amide bonds. The summed E-state index contributed by atoms with van der Waals surface area (Å²) in [4.78, 5) is 21.6. The van der Waals surface area contributed by atoms with Gasteiger partial charge < -0.3 is 0 Å². The largest absolute Gasteiger partial charge is 0.291 e. The van der Waals surface area contributed by atoms with Crippen LogP contribution in [0.1, 0.15) is 18.3 Å². The van der Waals surface area contributed by atoms with Gasteiger partial charge in [-0.3, -0.25) is 9.59 Å². The van der Waals surface area contributed by atoms with E-state index in [1.807, 2.05) is 6.92 Å². The minimum atomic E-state index is -0.442. The van der Waals surface area contributed by atoms with Gasteiger partial charge in [-0.1, -0.05) is 0 Å². The Morgan fingerprint density at radius 2 is 2.00 bits per heavy atom. The molecule has 0 bridgehead atoms. The van der Waals surface area contributed by atoms with Gasteiger partial charge in [0.2, 0.25) is 5.78 Å². The molecule has 1 aromatic heterocycles. The van der Waals surface area contributed by atoms with Crippen LogP contribution in [-0.2, 0) is 16.0 Å². The van der Waals surface area contributed by atoms with Crippen LogP contribution in [-0.4, -0.2) is 21.8 Å². The Kier molecular flexibility index (Phi) is 2.84. The number of aryl methyl sites for hydroxylation is 1. The fourth-order valence-electron chi connectivity index (χ4n) is 0.810. The predicted octanol–water partition coefficient (Wildman–Crippen LogP) is 0.486. The lowest BCUT2D eigenvalue weighted by Crippen LogP contribution is -2.13. The van der Waals surface area contributed by atoms with Gasteiger partial charge in [0.1, 0.15) is 0 Å². The van der Waals surface area contributed by atoms with Crippen molar-refractivity contribution in [2.75, 3.05) is 0 Å². The van der Waals surface area contributed by atoms with Crippen LogP contribution >= 0.6 is 0 Å². The topological polar surface area (TPSA) is 59.9 Å². The summed E-state index contributed by atoms with van der Waals surface area (Å²) < 4.78 is 0. The summed E-state index contributed by atoms with van der Waals surface area (Å²) in [5, 5.41) is 7.56. The fraction of sp³-hybridized carbons (Fsp3) is 0.333. The number of Topliss-reactive ketones (excluding diaryl/α,β-unsaturated/α-hetero) is 2. The van der Waals surface area contributed by atoms with Crippen molar-refractivity contribution in [1.29, 1.82) is 0 Å². The van der Waals surface area contributed by atoms with Gasteiger partial charge in [-0.25, -0.2) is 0 Å². The molecule has 0 aromatic carbocycles. The summed E-state index contributed by atoms with van der Waals surface area (Å²) in [7, 11) is 0. The van der Waals surface area contributed by atoms with E-state index in [1.54, 1.807) is 12.1 Å². The predicted molar refractivity (Wildman–Crippen MR) is 46.2 cm³/mol. The minimum absolute atomic E-state index is 0.0443. The first-order chi connectivity index (χ1) is 6.09. The second-order valence-electron chi connectivity index (χ2n) is 2.82. The normalized spacial score (nSPS) is 9.69. The molecule has 0 saturated heterocycles. The van der Waals surface area contributed by atoms with Crippen LogP contribution < -0.4 is 0 Å². The molecule has 0 spiro atoms. The van der Waals surface area contributed by atoms with Gasteiger partial charge in [0.15, 0.2) is 5.78 Å². The summed E-state index contributed by atoms with van der Waals surface area (Å²) in [6.45, 7) is 3.06. The van der Waals surface area contributed by atoms with Gasteiger partial charge in [-0.2, -0.15) is 10.2 Å². The Morgan fingerprint density at radius 1 is 1.31 bits per heavy atom. The molecule has 0 aliphatic rings. The molecule has 0 unspecified atom stereocenters. The van der Waals surface area contributed by atoms with Crippen LogP contribution in [0.25, 0.3) is 0 Å². The van der Waals surface area contributed by atoms with Gasteiger partial charge in [0.05, 0.1) is 17.8 Å². The number of carbonyl (C=O) groups excluding carboxylic acids is 2. The first-order valence-electron chi connectivity index (χ1n) is 3.92. The Hall–Kier alpha value is -1.58. The highest BCUT2D eigenvalue weighted by Crippen LogP contribution is 1.97.